The quantitative estimate of drug-likeness (QED) is 0.714. The van der Waals surface area contributed by atoms with Gasteiger partial charge in [-0.15, -0.1) is 0 Å². The third kappa shape index (κ3) is 4.30. The lowest BCUT2D eigenvalue weighted by atomic mass is 10.2. The number of nitrogens with zero attached hydrogens (tertiary/aromatic N) is 4. The van der Waals surface area contributed by atoms with Crippen molar-refractivity contribution in [1.29, 1.82) is 0 Å². The SMILES string of the molecule is Cc1nn(CCCC(=O)NCCCN2CCCC2)c(=O)c2noc(C)c12. The zero-order chi connectivity index (χ0) is 18.5. The minimum absolute atomic E-state index is 0.0227. The zero-order valence-electron chi connectivity index (χ0n) is 15.6. The first kappa shape index (κ1) is 18.6. The molecule has 2 aromatic rings. The monoisotopic (exact) mass is 361 g/mol. The van der Waals surface area contributed by atoms with Crippen molar-refractivity contribution in [1.82, 2.24) is 25.2 Å². The van der Waals surface area contributed by atoms with Gasteiger partial charge in [0.2, 0.25) is 5.91 Å². The first-order chi connectivity index (χ1) is 12.6. The molecule has 0 aliphatic carbocycles. The first-order valence-electron chi connectivity index (χ1n) is 9.39. The summed E-state index contributed by atoms with van der Waals surface area (Å²) in [6.45, 7) is 8.11. The lowest BCUT2D eigenvalue weighted by Crippen LogP contribution is -2.29. The van der Waals surface area contributed by atoms with Crippen LogP contribution >= 0.6 is 0 Å². The van der Waals surface area contributed by atoms with Gasteiger partial charge in [0.15, 0.2) is 5.52 Å². The Morgan fingerprint density at radius 1 is 1.19 bits per heavy atom. The molecule has 3 heterocycles. The molecule has 0 unspecified atom stereocenters. The second-order valence-corrected chi connectivity index (χ2v) is 6.93. The van der Waals surface area contributed by atoms with Crippen molar-refractivity contribution in [2.45, 2.75) is 52.5 Å². The standard InChI is InChI=1S/C18H27N5O3/c1-13-16-14(2)26-21-17(16)18(25)23(20-13)12-5-7-15(24)19-8-6-11-22-9-3-4-10-22/h3-12H2,1-2H3,(H,19,24). The van der Waals surface area contributed by atoms with E-state index in [9.17, 15) is 9.59 Å². The molecule has 1 saturated heterocycles. The highest BCUT2D eigenvalue weighted by atomic mass is 16.5. The molecule has 3 rings (SSSR count). The number of hydrogen-bond donors (Lipinski definition) is 1. The van der Waals surface area contributed by atoms with Crippen LogP contribution in [-0.4, -0.2) is 51.9 Å². The first-order valence-corrected chi connectivity index (χ1v) is 9.39. The van der Waals surface area contributed by atoms with E-state index in [4.69, 9.17) is 4.52 Å². The smallest absolute Gasteiger partial charge is 0.296 e. The van der Waals surface area contributed by atoms with E-state index in [1.54, 1.807) is 6.92 Å². The number of aryl methyl sites for hydroxylation is 3. The van der Waals surface area contributed by atoms with Gasteiger partial charge in [-0.2, -0.15) is 5.10 Å². The summed E-state index contributed by atoms with van der Waals surface area (Å²) in [4.78, 5) is 26.8. The van der Waals surface area contributed by atoms with Gasteiger partial charge in [-0.1, -0.05) is 5.16 Å². The molecule has 1 fully saturated rings. The Bertz CT molecular complexity index is 820. The summed E-state index contributed by atoms with van der Waals surface area (Å²) in [7, 11) is 0. The molecule has 0 saturated carbocycles. The van der Waals surface area contributed by atoms with Crippen LogP contribution in [0.2, 0.25) is 0 Å². The van der Waals surface area contributed by atoms with E-state index in [1.165, 1.54) is 30.6 Å². The summed E-state index contributed by atoms with van der Waals surface area (Å²) in [6.07, 6.45) is 4.51. The van der Waals surface area contributed by atoms with Gasteiger partial charge in [-0.3, -0.25) is 9.59 Å². The number of aromatic nitrogens is 3. The molecule has 1 N–H and O–H groups in total. The highest BCUT2D eigenvalue weighted by Gasteiger charge is 2.15. The largest absolute Gasteiger partial charge is 0.360 e. The van der Waals surface area contributed by atoms with Crippen LogP contribution in [0.4, 0.5) is 0 Å². The number of hydrogen-bond acceptors (Lipinski definition) is 6. The number of likely N-dealkylation sites (tertiary alicyclic amines) is 1. The van der Waals surface area contributed by atoms with Crippen molar-refractivity contribution in [3.05, 3.63) is 21.8 Å². The number of fused-ring (bicyclic) bond motifs is 1. The van der Waals surface area contributed by atoms with Crippen molar-refractivity contribution >= 4 is 16.8 Å². The van der Waals surface area contributed by atoms with E-state index in [1.807, 2.05) is 6.92 Å². The molecule has 1 aliphatic heterocycles. The fourth-order valence-corrected chi connectivity index (χ4v) is 3.51. The summed E-state index contributed by atoms with van der Waals surface area (Å²) in [5.74, 6) is 0.622. The van der Waals surface area contributed by atoms with E-state index in [2.05, 4.69) is 20.5 Å². The summed E-state index contributed by atoms with van der Waals surface area (Å²) in [5, 5.41) is 11.8. The van der Waals surface area contributed by atoms with Gasteiger partial charge in [-0.25, -0.2) is 4.68 Å². The predicted octanol–water partition coefficient (Wildman–Crippen LogP) is 1.38. The Balaban J connectivity index is 1.43. The lowest BCUT2D eigenvalue weighted by molar-refractivity contribution is -0.121. The van der Waals surface area contributed by atoms with Crippen LogP contribution in [0.5, 0.6) is 0 Å². The Labute approximate surface area is 152 Å². The maximum absolute atomic E-state index is 12.4. The molecule has 8 heteroatoms. The fourth-order valence-electron chi connectivity index (χ4n) is 3.51. The minimum atomic E-state index is -0.270. The Morgan fingerprint density at radius 2 is 1.96 bits per heavy atom. The van der Waals surface area contributed by atoms with E-state index >= 15 is 0 Å². The van der Waals surface area contributed by atoms with Crippen LogP contribution in [0.1, 0.15) is 43.6 Å². The topological polar surface area (TPSA) is 93.3 Å². The average molecular weight is 361 g/mol. The molecule has 1 amide bonds. The maximum atomic E-state index is 12.4. The van der Waals surface area contributed by atoms with Gasteiger partial charge in [0.05, 0.1) is 11.1 Å². The van der Waals surface area contributed by atoms with E-state index in [0.717, 1.165) is 13.0 Å². The Morgan fingerprint density at radius 3 is 2.73 bits per heavy atom. The highest BCUT2D eigenvalue weighted by molar-refractivity contribution is 5.81. The van der Waals surface area contributed by atoms with Gasteiger partial charge in [0.1, 0.15) is 5.76 Å². The Hall–Kier alpha value is -2.22. The van der Waals surface area contributed by atoms with Crippen LogP contribution in [0.3, 0.4) is 0 Å². The summed E-state index contributed by atoms with van der Waals surface area (Å²) in [6, 6.07) is 0. The van der Waals surface area contributed by atoms with Crippen LogP contribution in [-0.2, 0) is 11.3 Å². The maximum Gasteiger partial charge on any atom is 0.296 e. The number of amides is 1. The summed E-state index contributed by atoms with van der Waals surface area (Å²) in [5.41, 5.74) is 0.750. The van der Waals surface area contributed by atoms with Gasteiger partial charge in [0, 0.05) is 19.5 Å². The lowest BCUT2D eigenvalue weighted by Gasteiger charge is -2.14. The van der Waals surface area contributed by atoms with Crippen molar-refractivity contribution < 1.29 is 9.32 Å². The second-order valence-electron chi connectivity index (χ2n) is 6.93. The third-order valence-corrected chi connectivity index (χ3v) is 4.88. The summed E-state index contributed by atoms with van der Waals surface area (Å²) >= 11 is 0. The molecule has 26 heavy (non-hydrogen) atoms. The van der Waals surface area contributed by atoms with Gasteiger partial charge in [-0.05, 0) is 59.2 Å². The molecule has 0 radical (unpaired) electrons. The van der Waals surface area contributed by atoms with Crippen molar-refractivity contribution in [2.75, 3.05) is 26.2 Å². The molecule has 2 aromatic heterocycles. The molecule has 1 aliphatic rings. The highest BCUT2D eigenvalue weighted by Crippen LogP contribution is 2.16. The number of nitrogens with one attached hydrogen (secondary N) is 1. The normalized spacial score (nSPS) is 15.0. The van der Waals surface area contributed by atoms with Crippen molar-refractivity contribution in [3.8, 4) is 0 Å². The predicted molar refractivity (Wildman–Crippen MR) is 98.1 cm³/mol. The van der Waals surface area contributed by atoms with Crippen molar-refractivity contribution in [3.63, 3.8) is 0 Å². The van der Waals surface area contributed by atoms with Gasteiger partial charge >= 0.3 is 0 Å². The van der Waals surface area contributed by atoms with Crippen LogP contribution < -0.4 is 10.9 Å². The van der Waals surface area contributed by atoms with Gasteiger partial charge in [0.25, 0.3) is 5.56 Å². The molecular formula is C18H27N5O3. The molecule has 0 aromatic carbocycles. The molecule has 142 valence electrons. The van der Waals surface area contributed by atoms with E-state index in [-0.39, 0.29) is 11.5 Å². The van der Waals surface area contributed by atoms with Crippen molar-refractivity contribution in [2.24, 2.45) is 0 Å². The van der Waals surface area contributed by atoms with Crippen LogP contribution in [0.15, 0.2) is 9.32 Å². The van der Waals surface area contributed by atoms with Crippen LogP contribution in [0, 0.1) is 13.8 Å². The summed E-state index contributed by atoms with van der Waals surface area (Å²) < 4.78 is 6.47. The Kier molecular flexibility index (Phi) is 6.03. The number of carbonyl (C=O) groups excluding carboxylic acids is 1. The van der Waals surface area contributed by atoms with E-state index < -0.39 is 0 Å². The second kappa shape index (κ2) is 8.44. The number of carbonyl (C=O) groups is 1. The number of rotatable bonds is 8. The fraction of sp³-hybridized carbons (Fsp3) is 0.667. The average Bonchev–Trinajstić information content (AvgIpc) is 3.26. The third-order valence-electron chi connectivity index (χ3n) is 4.88. The molecular weight excluding hydrogens is 334 g/mol. The van der Waals surface area contributed by atoms with E-state index in [0.29, 0.717) is 48.3 Å². The zero-order valence-corrected chi connectivity index (χ0v) is 15.6. The minimum Gasteiger partial charge on any atom is -0.360 e. The molecule has 0 bridgehead atoms. The molecule has 8 nitrogen and oxygen atoms in total. The van der Waals surface area contributed by atoms with Crippen LogP contribution in [0.25, 0.3) is 10.9 Å². The molecule has 0 spiro atoms. The van der Waals surface area contributed by atoms with Gasteiger partial charge < -0.3 is 14.7 Å². The molecule has 0 atom stereocenters.